The second-order valence-corrected chi connectivity index (χ2v) is 8.60. The highest BCUT2D eigenvalue weighted by molar-refractivity contribution is 5.59. The standard InChI is InChI=1S/C20H30O3/c1-12(2)14-10-13-6-7-15-19(3,4)8-5-9-20(15,11-21)16(13)18(23)17(14)22/h10,12,15,21-23H,5-9,11H2,1-4H3/t15-,20?/m0/s1. The topological polar surface area (TPSA) is 60.7 Å². The Morgan fingerprint density at radius 1 is 1.17 bits per heavy atom. The van der Waals surface area contributed by atoms with Crippen molar-refractivity contribution in [1.29, 1.82) is 0 Å². The van der Waals surface area contributed by atoms with Gasteiger partial charge >= 0.3 is 0 Å². The fraction of sp³-hybridized carbons (Fsp3) is 0.700. The van der Waals surface area contributed by atoms with Gasteiger partial charge in [0.1, 0.15) is 0 Å². The quantitative estimate of drug-likeness (QED) is 0.715. The third kappa shape index (κ3) is 2.27. The minimum absolute atomic E-state index is 0.00982. The van der Waals surface area contributed by atoms with E-state index in [9.17, 15) is 15.3 Å². The summed E-state index contributed by atoms with van der Waals surface area (Å²) in [6.45, 7) is 8.66. The van der Waals surface area contributed by atoms with Crippen molar-refractivity contribution in [3.05, 3.63) is 22.8 Å². The number of hydrogen-bond donors (Lipinski definition) is 3. The first-order valence-corrected chi connectivity index (χ1v) is 8.93. The second-order valence-electron chi connectivity index (χ2n) is 8.60. The van der Waals surface area contributed by atoms with Crippen LogP contribution in [0.25, 0.3) is 0 Å². The highest BCUT2D eigenvalue weighted by Gasteiger charge is 2.53. The van der Waals surface area contributed by atoms with Crippen molar-refractivity contribution in [1.82, 2.24) is 0 Å². The Kier molecular flexibility index (Phi) is 3.91. The van der Waals surface area contributed by atoms with Crippen molar-refractivity contribution in [3.8, 4) is 11.5 Å². The van der Waals surface area contributed by atoms with Gasteiger partial charge in [-0.2, -0.15) is 0 Å². The average Bonchev–Trinajstić information content (AvgIpc) is 2.49. The third-order valence-electron chi connectivity index (χ3n) is 6.54. The number of phenolic OH excluding ortho intramolecular Hbond substituents is 2. The lowest BCUT2D eigenvalue weighted by Gasteiger charge is -2.55. The van der Waals surface area contributed by atoms with Gasteiger partial charge in [0.2, 0.25) is 0 Å². The summed E-state index contributed by atoms with van der Waals surface area (Å²) in [5, 5.41) is 31.7. The van der Waals surface area contributed by atoms with Crippen molar-refractivity contribution >= 4 is 0 Å². The van der Waals surface area contributed by atoms with Crippen LogP contribution in [0.5, 0.6) is 11.5 Å². The van der Waals surface area contributed by atoms with Crippen LogP contribution in [-0.2, 0) is 11.8 Å². The molecule has 1 aromatic rings. The van der Waals surface area contributed by atoms with Gasteiger partial charge in [-0.3, -0.25) is 0 Å². The maximum atomic E-state index is 10.8. The summed E-state index contributed by atoms with van der Waals surface area (Å²) in [6, 6.07) is 2.06. The zero-order valence-electron chi connectivity index (χ0n) is 14.8. The van der Waals surface area contributed by atoms with Gasteiger partial charge in [0.25, 0.3) is 0 Å². The first kappa shape index (κ1) is 16.6. The predicted molar refractivity (Wildman–Crippen MR) is 92.1 cm³/mol. The molecule has 0 spiro atoms. The number of rotatable bonds is 2. The van der Waals surface area contributed by atoms with Crippen LogP contribution in [0, 0.1) is 11.3 Å². The van der Waals surface area contributed by atoms with E-state index in [4.69, 9.17) is 0 Å². The van der Waals surface area contributed by atoms with Crippen LogP contribution in [0.3, 0.4) is 0 Å². The Labute approximate surface area is 139 Å². The van der Waals surface area contributed by atoms with E-state index in [2.05, 4.69) is 19.9 Å². The minimum atomic E-state index is -0.410. The van der Waals surface area contributed by atoms with Crippen LogP contribution >= 0.6 is 0 Å². The first-order valence-electron chi connectivity index (χ1n) is 8.93. The Morgan fingerprint density at radius 2 is 1.87 bits per heavy atom. The van der Waals surface area contributed by atoms with Crippen molar-refractivity contribution < 1.29 is 15.3 Å². The second kappa shape index (κ2) is 5.41. The molecular formula is C20H30O3. The fourth-order valence-electron chi connectivity index (χ4n) is 5.42. The van der Waals surface area contributed by atoms with Gasteiger partial charge in [0.15, 0.2) is 11.5 Å². The van der Waals surface area contributed by atoms with Crippen LogP contribution in [0.1, 0.15) is 76.0 Å². The maximum absolute atomic E-state index is 10.8. The molecule has 0 aliphatic heterocycles. The molecule has 0 heterocycles. The lowest BCUT2D eigenvalue weighted by Crippen LogP contribution is -2.51. The fourth-order valence-corrected chi connectivity index (χ4v) is 5.42. The monoisotopic (exact) mass is 318 g/mol. The number of benzene rings is 1. The van der Waals surface area contributed by atoms with E-state index >= 15 is 0 Å². The molecular weight excluding hydrogens is 288 g/mol. The number of phenols is 2. The largest absolute Gasteiger partial charge is 0.504 e. The molecule has 3 heteroatoms. The highest BCUT2D eigenvalue weighted by atomic mass is 16.3. The summed E-state index contributed by atoms with van der Waals surface area (Å²) < 4.78 is 0. The molecule has 0 aromatic heterocycles. The molecule has 3 N–H and O–H groups in total. The Bertz CT molecular complexity index is 618. The zero-order chi connectivity index (χ0) is 17.0. The average molecular weight is 318 g/mol. The Hall–Kier alpha value is -1.22. The molecule has 0 saturated heterocycles. The number of fused-ring (bicyclic) bond motifs is 3. The molecule has 2 atom stereocenters. The molecule has 3 rings (SSSR count). The summed E-state index contributed by atoms with van der Waals surface area (Å²) in [7, 11) is 0. The lowest BCUT2D eigenvalue weighted by atomic mass is 9.49. The number of aliphatic hydroxyl groups is 1. The van der Waals surface area contributed by atoms with Crippen LogP contribution in [-0.4, -0.2) is 21.9 Å². The summed E-state index contributed by atoms with van der Waals surface area (Å²) in [6.07, 6.45) is 5.06. The van der Waals surface area contributed by atoms with Gasteiger partial charge in [-0.25, -0.2) is 0 Å². The Morgan fingerprint density at radius 3 is 2.48 bits per heavy atom. The zero-order valence-corrected chi connectivity index (χ0v) is 14.8. The summed E-state index contributed by atoms with van der Waals surface area (Å²) in [5.41, 5.74) is 2.49. The third-order valence-corrected chi connectivity index (χ3v) is 6.54. The molecule has 2 aliphatic rings. The van der Waals surface area contributed by atoms with Gasteiger partial charge in [0, 0.05) is 16.5 Å². The van der Waals surface area contributed by atoms with Crippen LogP contribution in [0.15, 0.2) is 6.07 Å². The normalized spacial score (nSPS) is 29.2. The number of hydrogen-bond acceptors (Lipinski definition) is 3. The van der Waals surface area contributed by atoms with Gasteiger partial charge in [-0.15, -0.1) is 0 Å². The molecule has 23 heavy (non-hydrogen) atoms. The minimum Gasteiger partial charge on any atom is -0.504 e. The van der Waals surface area contributed by atoms with E-state index in [0.717, 1.165) is 48.8 Å². The lowest BCUT2D eigenvalue weighted by molar-refractivity contribution is -0.00662. The molecule has 0 bridgehead atoms. The molecule has 1 unspecified atom stereocenters. The van der Waals surface area contributed by atoms with E-state index in [0.29, 0.717) is 5.92 Å². The molecule has 1 fully saturated rings. The van der Waals surface area contributed by atoms with Gasteiger partial charge in [-0.1, -0.05) is 40.2 Å². The predicted octanol–water partition coefficient (Wildman–Crippen LogP) is 4.22. The molecule has 1 saturated carbocycles. The number of aromatic hydroxyl groups is 2. The molecule has 2 aliphatic carbocycles. The van der Waals surface area contributed by atoms with Crippen LogP contribution in [0.2, 0.25) is 0 Å². The summed E-state index contributed by atoms with van der Waals surface area (Å²) in [5.74, 6) is 0.534. The summed E-state index contributed by atoms with van der Waals surface area (Å²) >= 11 is 0. The highest BCUT2D eigenvalue weighted by Crippen LogP contribution is 2.60. The molecule has 0 amide bonds. The summed E-state index contributed by atoms with van der Waals surface area (Å²) in [4.78, 5) is 0. The SMILES string of the molecule is CC(C)c1cc2c(c(O)c1O)C1(CO)CCCC(C)(C)[C@@H]1CC2. The molecule has 3 nitrogen and oxygen atoms in total. The molecule has 128 valence electrons. The van der Waals surface area contributed by atoms with Crippen molar-refractivity contribution in [2.24, 2.45) is 11.3 Å². The van der Waals surface area contributed by atoms with Crippen molar-refractivity contribution in [2.75, 3.05) is 6.61 Å². The van der Waals surface area contributed by atoms with E-state index in [1.165, 1.54) is 0 Å². The van der Waals surface area contributed by atoms with Gasteiger partial charge < -0.3 is 15.3 Å². The number of aryl methyl sites for hydroxylation is 1. The number of aliphatic hydroxyl groups excluding tert-OH is 1. The van der Waals surface area contributed by atoms with E-state index in [-0.39, 0.29) is 29.4 Å². The van der Waals surface area contributed by atoms with Crippen molar-refractivity contribution in [2.45, 2.75) is 71.1 Å². The van der Waals surface area contributed by atoms with E-state index in [1.807, 2.05) is 13.8 Å². The van der Waals surface area contributed by atoms with Crippen LogP contribution in [0.4, 0.5) is 0 Å². The van der Waals surface area contributed by atoms with E-state index in [1.54, 1.807) is 0 Å². The van der Waals surface area contributed by atoms with Gasteiger partial charge in [-0.05, 0) is 48.5 Å². The molecule has 0 radical (unpaired) electrons. The van der Waals surface area contributed by atoms with Crippen molar-refractivity contribution in [3.63, 3.8) is 0 Å². The Balaban J connectivity index is 2.24. The smallest absolute Gasteiger partial charge is 0.161 e. The first-order chi connectivity index (χ1) is 10.7. The molecule has 1 aromatic carbocycles. The van der Waals surface area contributed by atoms with E-state index < -0.39 is 5.41 Å². The maximum Gasteiger partial charge on any atom is 0.161 e. The van der Waals surface area contributed by atoms with Gasteiger partial charge in [0.05, 0.1) is 6.61 Å². The van der Waals surface area contributed by atoms with Crippen LogP contribution < -0.4 is 0 Å².